The summed E-state index contributed by atoms with van der Waals surface area (Å²) in [6.07, 6.45) is -3.92. The number of aliphatic hydroxyl groups is 4. The van der Waals surface area contributed by atoms with Crippen molar-refractivity contribution in [3.63, 3.8) is 0 Å². The maximum atomic E-state index is 12.2. The molecule has 0 saturated heterocycles. The van der Waals surface area contributed by atoms with E-state index in [0.29, 0.717) is 28.6 Å². The van der Waals surface area contributed by atoms with E-state index in [-0.39, 0.29) is 98.3 Å². The van der Waals surface area contributed by atoms with Crippen molar-refractivity contribution in [3.05, 3.63) is 174 Å². The summed E-state index contributed by atoms with van der Waals surface area (Å²) in [4.78, 5) is 36.2. The second-order valence-corrected chi connectivity index (χ2v) is 17.7. The first-order valence-electron chi connectivity index (χ1n) is 24.4. The number of rotatable bonds is 25. The van der Waals surface area contributed by atoms with Crippen molar-refractivity contribution < 1.29 is 98.2 Å². The van der Waals surface area contributed by atoms with Crippen LogP contribution in [0.25, 0.3) is 22.3 Å². The molecule has 7 aromatic rings. The molecule has 20 heteroatoms. The summed E-state index contributed by atoms with van der Waals surface area (Å²) in [6, 6.07) is 40.1. The molecule has 0 radical (unpaired) electrons. The number of carbonyl (C=O) groups excluding carboxylic acids is 3. The van der Waals surface area contributed by atoms with E-state index in [9.17, 15) is 60.3 Å². The standard InChI is InChI=1S/C33H32O11.C26H28O9/c1-20-10-23(12-25(34)11-20)32(39)43-18-28(37)16-41-30-6-2-21(3-7-30)22-4-8-31(9-5-22)42-17-29(38)19-44-33(40)24-13-26(35)15-27(36)14-24;1-32-13-22(29)14-33-24-6-2-17(3-7-24)18-4-8-25(9-5-18)34-15-23(30)16-35-26(31)19-10-20(27)12-21(28)11-19/h2-15,28-29,34-38H,16-19H2,1H3;2-12,22-23,27-30H,13-16H2,1H3. The average Bonchev–Trinajstić information content (AvgIpc) is 3.43. The van der Waals surface area contributed by atoms with E-state index in [0.717, 1.165) is 58.7 Å². The van der Waals surface area contributed by atoms with Gasteiger partial charge in [0.2, 0.25) is 0 Å². The van der Waals surface area contributed by atoms with Crippen LogP contribution in [-0.2, 0) is 18.9 Å². The van der Waals surface area contributed by atoms with Crippen LogP contribution in [0.4, 0.5) is 0 Å². The highest BCUT2D eigenvalue weighted by Gasteiger charge is 2.17. The van der Waals surface area contributed by atoms with E-state index in [1.54, 1.807) is 49.4 Å². The fourth-order valence-electron chi connectivity index (χ4n) is 7.20. The lowest BCUT2D eigenvalue weighted by atomic mass is 10.1. The van der Waals surface area contributed by atoms with Crippen LogP contribution >= 0.6 is 0 Å². The first kappa shape index (κ1) is 59.2. The van der Waals surface area contributed by atoms with Crippen molar-refractivity contribution in [1.82, 2.24) is 0 Å². The molecule has 0 heterocycles. The number of hydrogen-bond donors (Lipinski definition) is 9. The molecule has 79 heavy (non-hydrogen) atoms. The molecular weight excluding hydrogens is 1030 g/mol. The molecule has 7 rings (SSSR count). The lowest BCUT2D eigenvalue weighted by Crippen LogP contribution is -2.25. The van der Waals surface area contributed by atoms with Crippen LogP contribution in [0.15, 0.2) is 152 Å². The smallest absolute Gasteiger partial charge is 0.338 e. The zero-order valence-electron chi connectivity index (χ0n) is 42.9. The Labute approximate surface area is 454 Å². The Morgan fingerprint density at radius 3 is 0.835 bits per heavy atom. The van der Waals surface area contributed by atoms with E-state index in [2.05, 4.69) is 0 Å². The van der Waals surface area contributed by atoms with Crippen LogP contribution in [-0.4, -0.2) is 148 Å². The molecule has 0 amide bonds. The normalized spacial score (nSPS) is 12.3. The average molecular weight is 1090 g/mol. The van der Waals surface area contributed by atoms with Crippen LogP contribution in [0.1, 0.15) is 36.6 Å². The van der Waals surface area contributed by atoms with Gasteiger partial charge in [0.25, 0.3) is 0 Å². The Morgan fingerprint density at radius 1 is 0.342 bits per heavy atom. The van der Waals surface area contributed by atoms with Crippen LogP contribution < -0.4 is 18.9 Å². The van der Waals surface area contributed by atoms with Gasteiger partial charge in [0, 0.05) is 19.2 Å². The summed E-state index contributed by atoms with van der Waals surface area (Å²) in [5.41, 5.74) is 4.51. The zero-order chi connectivity index (χ0) is 56.8. The number of aromatic hydroxyl groups is 5. The Hall–Kier alpha value is -9.05. The van der Waals surface area contributed by atoms with Gasteiger partial charge in [0.15, 0.2) is 0 Å². The predicted octanol–water partition coefficient (Wildman–Crippen LogP) is 6.72. The molecule has 7 aromatic carbocycles. The highest BCUT2D eigenvalue weighted by atomic mass is 16.6. The molecule has 416 valence electrons. The van der Waals surface area contributed by atoms with E-state index in [1.165, 1.54) is 19.2 Å². The molecule has 9 N–H and O–H groups in total. The minimum atomic E-state index is -1.11. The highest BCUT2D eigenvalue weighted by molar-refractivity contribution is 5.91. The minimum Gasteiger partial charge on any atom is -0.508 e. The molecule has 0 bridgehead atoms. The van der Waals surface area contributed by atoms with Gasteiger partial charge in [-0.2, -0.15) is 0 Å². The van der Waals surface area contributed by atoms with Gasteiger partial charge in [-0.15, -0.1) is 0 Å². The quantitative estimate of drug-likeness (QED) is 0.0212. The summed E-state index contributed by atoms with van der Waals surface area (Å²) in [5.74, 6) is -1.25. The van der Waals surface area contributed by atoms with Crippen molar-refractivity contribution in [2.45, 2.75) is 31.3 Å². The fraction of sp³-hybridized carbons (Fsp3) is 0.237. The summed E-state index contributed by atoms with van der Waals surface area (Å²) >= 11 is 0. The minimum absolute atomic E-state index is 0.0329. The molecule has 4 unspecified atom stereocenters. The Bertz CT molecular complexity index is 2880. The third kappa shape index (κ3) is 19.8. The van der Waals surface area contributed by atoms with Gasteiger partial charge >= 0.3 is 17.9 Å². The first-order valence-corrected chi connectivity index (χ1v) is 24.4. The number of esters is 3. The maximum Gasteiger partial charge on any atom is 0.338 e. The van der Waals surface area contributed by atoms with Gasteiger partial charge < -0.3 is 83.9 Å². The molecule has 0 aliphatic rings. The van der Waals surface area contributed by atoms with Crippen molar-refractivity contribution >= 4 is 17.9 Å². The number of methoxy groups -OCH3 is 1. The van der Waals surface area contributed by atoms with E-state index >= 15 is 0 Å². The van der Waals surface area contributed by atoms with Gasteiger partial charge in [-0.05, 0) is 126 Å². The number of aryl methyl sites for hydroxylation is 1. The maximum absolute atomic E-state index is 12.2. The fourth-order valence-corrected chi connectivity index (χ4v) is 7.20. The molecule has 0 aromatic heterocycles. The number of benzene rings is 7. The number of phenols is 5. The van der Waals surface area contributed by atoms with E-state index in [4.69, 9.17) is 37.9 Å². The largest absolute Gasteiger partial charge is 0.508 e. The molecule has 0 aliphatic carbocycles. The van der Waals surface area contributed by atoms with Gasteiger partial charge in [0.05, 0.1) is 23.3 Å². The van der Waals surface area contributed by atoms with Crippen LogP contribution in [0.5, 0.6) is 51.7 Å². The topological polar surface area (TPSA) is 307 Å². The molecule has 0 saturated carbocycles. The van der Waals surface area contributed by atoms with Crippen molar-refractivity contribution in [2.24, 2.45) is 0 Å². The number of phenolic OH excluding ortho intramolecular Hbond substituents is 5. The molecular formula is C59H60O20. The second kappa shape index (κ2) is 29.5. The third-order valence-corrected chi connectivity index (χ3v) is 11.0. The number of ether oxygens (including phenoxy) is 8. The van der Waals surface area contributed by atoms with E-state index < -0.39 is 42.3 Å². The van der Waals surface area contributed by atoms with E-state index in [1.807, 2.05) is 60.7 Å². The Balaban J connectivity index is 0.000000262. The van der Waals surface area contributed by atoms with Crippen molar-refractivity contribution in [3.8, 4) is 74.0 Å². The first-order chi connectivity index (χ1) is 37.9. The van der Waals surface area contributed by atoms with Gasteiger partial charge in [-0.1, -0.05) is 48.5 Å². The molecule has 4 atom stereocenters. The summed E-state index contributed by atoms with van der Waals surface area (Å²) in [6.45, 7) is 0.831. The zero-order valence-corrected chi connectivity index (χ0v) is 42.9. The number of aliphatic hydroxyl groups excluding tert-OH is 4. The van der Waals surface area contributed by atoms with Gasteiger partial charge in [-0.25, -0.2) is 14.4 Å². The summed E-state index contributed by atoms with van der Waals surface area (Å²) in [5, 5.41) is 87.4. The van der Waals surface area contributed by atoms with Crippen LogP contribution in [0.3, 0.4) is 0 Å². The summed E-state index contributed by atoms with van der Waals surface area (Å²) in [7, 11) is 1.52. The molecule has 0 aliphatic heterocycles. The lowest BCUT2D eigenvalue weighted by molar-refractivity contribution is 0.0127. The van der Waals surface area contributed by atoms with Crippen molar-refractivity contribution in [1.29, 1.82) is 0 Å². The lowest BCUT2D eigenvalue weighted by Gasteiger charge is -2.14. The van der Waals surface area contributed by atoms with Gasteiger partial charge in [0.1, 0.15) is 122 Å². The molecule has 0 spiro atoms. The number of hydrogen-bond acceptors (Lipinski definition) is 20. The third-order valence-electron chi connectivity index (χ3n) is 11.0. The second-order valence-electron chi connectivity index (χ2n) is 17.7. The molecule has 0 fully saturated rings. The SMILES string of the molecule is COCC(O)COc1ccc(-c2ccc(OCC(O)COC(=O)c3cc(O)cc(O)c3)cc2)cc1.Cc1cc(O)cc(C(=O)OCC(O)COc2ccc(-c3ccc(OCC(O)COC(=O)c4cc(O)cc(O)c4)cc3)cc2)c1. The van der Waals surface area contributed by atoms with Gasteiger partial charge in [-0.3, -0.25) is 0 Å². The monoisotopic (exact) mass is 1090 g/mol. The van der Waals surface area contributed by atoms with Crippen LogP contribution in [0.2, 0.25) is 0 Å². The summed E-state index contributed by atoms with van der Waals surface area (Å²) < 4.78 is 42.2. The Kier molecular flexibility index (Phi) is 22.1. The highest BCUT2D eigenvalue weighted by Crippen LogP contribution is 2.28. The Morgan fingerprint density at radius 2 is 0.582 bits per heavy atom. The predicted molar refractivity (Wildman–Crippen MR) is 285 cm³/mol. The van der Waals surface area contributed by atoms with Crippen LogP contribution in [0, 0.1) is 6.92 Å². The number of carbonyl (C=O) groups is 3. The molecule has 20 nitrogen and oxygen atoms in total. The van der Waals surface area contributed by atoms with Crippen molar-refractivity contribution in [2.75, 3.05) is 60.0 Å².